The lowest BCUT2D eigenvalue weighted by molar-refractivity contribution is -0.137. The number of thioether (sulfide) groups is 1. The number of halogens is 5. The number of anilines is 1. The van der Waals surface area contributed by atoms with Crippen LogP contribution in [0.25, 0.3) is 0 Å². The topological polar surface area (TPSA) is 20.3 Å². The summed E-state index contributed by atoms with van der Waals surface area (Å²) in [5.74, 6) is -0.785. The molecule has 1 amide bonds. The Hall–Kier alpha value is -1.28. The van der Waals surface area contributed by atoms with Crippen molar-refractivity contribution in [2.45, 2.75) is 38.1 Å². The van der Waals surface area contributed by atoms with Gasteiger partial charge in [-0.05, 0) is 29.8 Å². The van der Waals surface area contributed by atoms with Gasteiger partial charge in [0.2, 0.25) is 5.91 Å². The van der Waals surface area contributed by atoms with Crippen LogP contribution >= 0.6 is 47.2 Å². The van der Waals surface area contributed by atoms with Gasteiger partial charge < -0.3 is 0 Å². The zero-order valence-corrected chi connectivity index (χ0v) is 18.9. The van der Waals surface area contributed by atoms with Gasteiger partial charge in [0.15, 0.2) is 0 Å². The van der Waals surface area contributed by atoms with E-state index in [1.807, 2.05) is 19.9 Å². The van der Waals surface area contributed by atoms with E-state index in [0.717, 1.165) is 12.1 Å². The number of rotatable bonds is 3. The molecule has 1 aliphatic heterocycles. The molecule has 1 heterocycles. The van der Waals surface area contributed by atoms with Gasteiger partial charge in [-0.1, -0.05) is 86.2 Å². The molecule has 0 aliphatic carbocycles. The standard InChI is InChI=1S/C18H12Cl2F3NOS2.C2H6/c1-9(14-12(19)7-10(8-13(14)20)18(21,22)23)15-16(25)24(17(26)27-15)11-5-3-2-4-6-11;1-2/h2-9,15H,1H3;1-2H3. The normalized spacial score (nSPS) is 17.8. The van der Waals surface area contributed by atoms with Gasteiger partial charge in [-0.2, -0.15) is 13.2 Å². The third-order valence-corrected chi connectivity index (χ3v) is 6.55. The molecule has 2 aromatic rings. The first-order valence-electron chi connectivity index (χ1n) is 8.77. The second-order valence-electron chi connectivity index (χ2n) is 5.95. The zero-order chi connectivity index (χ0) is 21.9. The van der Waals surface area contributed by atoms with Gasteiger partial charge in [0.05, 0.1) is 16.5 Å². The van der Waals surface area contributed by atoms with Gasteiger partial charge in [-0.15, -0.1) is 0 Å². The monoisotopic (exact) mass is 479 g/mol. The Morgan fingerprint density at radius 3 is 2.10 bits per heavy atom. The van der Waals surface area contributed by atoms with Crippen molar-refractivity contribution >= 4 is 63.1 Å². The summed E-state index contributed by atoms with van der Waals surface area (Å²) in [4.78, 5) is 14.4. The molecular formula is C20H18Cl2F3NOS2. The fourth-order valence-electron chi connectivity index (χ4n) is 2.89. The highest BCUT2D eigenvalue weighted by molar-refractivity contribution is 8.25. The largest absolute Gasteiger partial charge is 0.416 e. The van der Waals surface area contributed by atoms with Crippen LogP contribution in [0.3, 0.4) is 0 Å². The molecule has 0 saturated carbocycles. The molecule has 0 bridgehead atoms. The summed E-state index contributed by atoms with van der Waals surface area (Å²) in [7, 11) is 0. The van der Waals surface area contributed by atoms with Crippen LogP contribution in [0.15, 0.2) is 42.5 Å². The van der Waals surface area contributed by atoms with E-state index in [9.17, 15) is 18.0 Å². The summed E-state index contributed by atoms with van der Waals surface area (Å²) in [5.41, 5.74) is 0.00879. The van der Waals surface area contributed by atoms with Crippen LogP contribution in [-0.4, -0.2) is 15.5 Å². The highest BCUT2D eigenvalue weighted by Crippen LogP contribution is 2.45. The number of alkyl halides is 3. The number of para-hydroxylation sites is 1. The maximum absolute atomic E-state index is 12.9. The second kappa shape index (κ2) is 9.69. The van der Waals surface area contributed by atoms with Gasteiger partial charge in [0.1, 0.15) is 4.32 Å². The number of carbonyl (C=O) groups excluding carboxylic acids is 1. The maximum atomic E-state index is 12.9. The fraction of sp³-hybridized carbons (Fsp3) is 0.300. The highest BCUT2D eigenvalue weighted by Gasteiger charge is 2.43. The van der Waals surface area contributed by atoms with Crippen molar-refractivity contribution in [3.63, 3.8) is 0 Å². The minimum absolute atomic E-state index is 0.125. The number of benzene rings is 2. The first-order chi connectivity index (χ1) is 13.6. The summed E-state index contributed by atoms with van der Waals surface area (Å²) < 4.78 is 39.2. The summed E-state index contributed by atoms with van der Waals surface area (Å²) in [6, 6.07) is 10.6. The lowest BCUT2D eigenvalue weighted by atomic mass is 9.95. The predicted octanol–water partition coefficient (Wildman–Crippen LogP) is 7.58. The smallest absolute Gasteiger partial charge is 0.273 e. The number of thiocarbonyl (C=S) groups is 1. The van der Waals surface area contributed by atoms with Gasteiger partial charge in [0.25, 0.3) is 0 Å². The minimum atomic E-state index is -4.56. The summed E-state index contributed by atoms with van der Waals surface area (Å²) in [6.07, 6.45) is -4.56. The van der Waals surface area contributed by atoms with E-state index in [-0.39, 0.29) is 16.0 Å². The molecule has 0 N–H and O–H groups in total. The molecule has 1 aliphatic rings. The molecule has 0 radical (unpaired) electrons. The van der Waals surface area contributed by atoms with Crippen LogP contribution in [-0.2, 0) is 11.0 Å². The number of nitrogens with zero attached hydrogens (tertiary/aromatic N) is 1. The Labute approximate surface area is 187 Å². The zero-order valence-electron chi connectivity index (χ0n) is 15.8. The Bertz CT molecular complexity index is 883. The molecular weight excluding hydrogens is 462 g/mol. The van der Waals surface area contributed by atoms with Crippen molar-refractivity contribution in [3.05, 3.63) is 63.6 Å². The average molecular weight is 480 g/mol. The molecule has 1 saturated heterocycles. The van der Waals surface area contributed by atoms with E-state index in [1.165, 1.54) is 16.7 Å². The summed E-state index contributed by atoms with van der Waals surface area (Å²) >= 11 is 18.7. The summed E-state index contributed by atoms with van der Waals surface area (Å²) in [6.45, 7) is 5.70. The molecule has 3 rings (SSSR count). The Morgan fingerprint density at radius 1 is 1.10 bits per heavy atom. The first-order valence-corrected chi connectivity index (χ1v) is 10.8. The molecule has 2 atom stereocenters. The molecule has 0 aromatic heterocycles. The third kappa shape index (κ3) is 5.08. The molecule has 29 heavy (non-hydrogen) atoms. The van der Waals surface area contributed by atoms with E-state index in [4.69, 9.17) is 35.4 Å². The maximum Gasteiger partial charge on any atom is 0.416 e. The van der Waals surface area contributed by atoms with Crippen molar-refractivity contribution in [3.8, 4) is 0 Å². The lowest BCUT2D eigenvalue weighted by Gasteiger charge is -2.21. The molecule has 9 heteroatoms. The average Bonchev–Trinajstić information content (AvgIpc) is 2.97. The van der Waals surface area contributed by atoms with Gasteiger partial charge >= 0.3 is 6.18 Å². The first kappa shape index (κ1) is 24.0. The SMILES string of the molecule is CC.CC(c1c(Cl)cc(C(F)(F)F)cc1Cl)C1SC(=S)N(c2ccccc2)C1=O. The van der Waals surface area contributed by atoms with Crippen molar-refractivity contribution in [2.24, 2.45) is 0 Å². The van der Waals surface area contributed by atoms with Crippen molar-refractivity contribution in [1.29, 1.82) is 0 Å². The van der Waals surface area contributed by atoms with Crippen LogP contribution in [0.2, 0.25) is 10.0 Å². The molecule has 156 valence electrons. The van der Waals surface area contributed by atoms with E-state index in [1.54, 1.807) is 31.2 Å². The molecule has 2 unspecified atom stereocenters. The van der Waals surface area contributed by atoms with Crippen LogP contribution < -0.4 is 4.90 Å². The van der Waals surface area contributed by atoms with Crippen LogP contribution in [0.5, 0.6) is 0 Å². The predicted molar refractivity (Wildman–Crippen MR) is 119 cm³/mol. The van der Waals surface area contributed by atoms with Crippen LogP contribution in [0.4, 0.5) is 18.9 Å². The van der Waals surface area contributed by atoms with Crippen molar-refractivity contribution < 1.29 is 18.0 Å². The van der Waals surface area contributed by atoms with E-state index in [2.05, 4.69) is 0 Å². The molecule has 1 fully saturated rings. The van der Waals surface area contributed by atoms with E-state index >= 15 is 0 Å². The van der Waals surface area contributed by atoms with E-state index < -0.39 is 22.9 Å². The third-order valence-electron chi connectivity index (χ3n) is 4.20. The number of amides is 1. The van der Waals surface area contributed by atoms with Gasteiger partial charge in [0, 0.05) is 16.0 Å². The molecule has 2 nitrogen and oxygen atoms in total. The van der Waals surface area contributed by atoms with Crippen molar-refractivity contribution in [2.75, 3.05) is 4.90 Å². The minimum Gasteiger partial charge on any atom is -0.273 e. The second-order valence-corrected chi connectivity index (χ2v) is 8.54. The van der Waals surface area contributed by atoms with Gasteiger partial charge in [-0.3, -0.25) is 9.69 Å². The number of hydrogen-bond acceptors (Lipinski definition) is 3. The lowest BCUT2D eigenvalue weighted by Crippen LogP contribution is -2.33. The Kier molecular flexibility index (Phi) is 8.01. The molecule has 0 spiro atoms. The van der Waals surface area contributed by atoms with Crippen molar-refractivity contribution in [1.82, 2.24) is 0 Å². The highest BCUT2D eigenvalue weighted by atomic mass is 35.5. The van der Waals surface area contributed by atoms with E-state index in [0.29, 0.717) is 15.6 Å². The van der Waals surface area contributed by atoms with Crippen LogP contribution in [0, 0.1) is 0 Å². The quantitative estimate of drug-likeness (QED) is 0.423. The number of carbonyl (C=O) groups is 1. The Morgan fingerprint density at radius 2 is 1.62 bits per heavy atom. The molecule has 2 aromatic carbocycles. The Balaban J connectivity index is 0.00000145. The fourth-order valence-corrected chi connectivity index (χ4v) is 5.29. The summed E-state index contributed by atoms with van der Waals surface area (Å²) in [5, 5.41) is -0.885. The number of hydrogen-bond donors (Lipinski definition) is 0. The van der Waals surface area contributed by atoms with Crippen LogP contribution in [0.1, 0.15) is 37.8 Å². The van der Waals surface area contributed by atoms with Gasteiger partial charge in [-0.25, -0.2) is 0 Å².